The summed E-state index contributed by atoms with van der Waals surface area (Å²) in [5.41, 5.74) is -2.43. The predicted octanol–water partition coefficient (Wildman–Crippen LogP) is 4.21. The molecule has 1 unspecified atom stereocenters. The number of ether oxygens (including phenoxy) is 3. The highest BCUT2D eigenvalue weighted by Crippen LogP contribution is 2.37. The second-order valence-electron chi connectivity index (χ2n) is 6.49. The van der Waals surface area contributed by atoms with Crippen molar-refractivity contribution in [3.8, 4) is 11.5 Å². The number of hydrogen-bond acceptors (Lipinski definition) is 7. The van der Waals surface area contributed by atoms with Gasteiger partial charge in [-0.25, -0.2) is 4.79 Å². The fourth-order valence-electron chi connectivity index (χ4n) is 2.62. The van der Waals surface area contributed by atoms with Crippen LogP contribution in [0, 0.1) is 10.1 Å². The lowest BCUT2D eigenvalue weighted by molar-refractivity contribution is -0.385. The van der Waals surface area contributed by atoms with E-state index in [4.69, 9.17) is 14.2 Å². The molecule has 0 bridgehead atoms. The van der Waals surface area contributed by atoms with Crippen LogP contribution >= 0.6 is 0 Å². The molecule has 0 saturated carbocycles. The van der Waals surface area contributed by atoms with Gasteiger partial charge in [0.15, 0.2) is 6.10 Å². The summed E-state index contributed by atoms with van der Waals surface area (Å²) in [6.45, 7) is 1.16. The number of carbonyl (C=O) groups excluding carboxylic acids is 2. The number of nitrogens with zero attached hydrogens (tertiary/aromatic N) is 1. The molecule has 0 aliphatic rings. The number of nitro groups is 1. The standard InChI is InChI=1S/C21H19F3N2O7/c1-12(33-19(27)9-4-13-10-15(31-2)6-8-18(13)32-3)20(28)25-17-7-5-14(26(29)30)11-16(17)21(22,23)24/h4-12H,1-3H3,(H,25,28)/b9-4+. The Labute approximate surface area is 185 Å². The van der Waals surface area contributed by atoms with Gasteiger partial charge in [0.25, 0.3) is 11.6 Å². The Morgan fingerprint density at radius 3 is 2.39 bits per heavy atom. The summed E-state index contributed by atoms with van der Waals surface area (Å²) in [5.74, 6) is -1.07. The van der Waals surface area contributed by atoms with Crippen LogP contribution in [0.1, 0.15) is 18.1 Å². The molecule has 0 fully saturated rings. The minimum absolute atomic E-state index is 0.302. The summed E-state index contributed by atoms with van der Waals surface area (Å²) in [6.07, 6.45) is -4.07. The summed E-state index contributed by atoms with van der Waals surface area (Å²) in [6, 6.07) is 6.72. The third-order valence-corrected chi connectivity index (χ3v) is 4.28. The zero-order valence-corrected chi connectivity index (χ0v) is 17.6. The molecule has 1 atom stereocenters. The van der Waals surface area contributed by atoms with Gasteiger partial charge in [0.05, 0.1) is 30.4 Å². The first kappa shape index (κ1) is 25.2. The van der Waals surface area contributed by atoms with Crippen LogP contribution in [-0.2, 0) is 20.5 Å². The molecule has 9 nitrogen and oxygen atoms in total. The van der Waals surface area contributed by atoms with E-state index in [1.165, 1.54) is 20.3 Å². The molecule has 2 aromatic carbocycles. The van der Waals surface area contributed by atoms with Gasteiger partial charge in [-0.3, -0.25) is 14.9 Å². The van der Waals surface area contributed by atoms with Gasteiger partial charge >= 0.3 is 12.1 Å². The molecular formula is C21H19F3N2O7. The Hall–Kier alpha value is -4.09. The average Bonchev–Trinajstić information content (AvgIpc) is 2.76. The lowest BCUT2D eigenvalue weighted by Crippen LogP contribution is -2.30. The Bertz CT molecular complexity index is 1080. The van der Waals surface area contributed by atoms with Crippen LogP contribution in [0.15, 0.2) is 42.5 Å². The number of hydrogen-bond donors (Lipinski definition) is 1. The number of non-ortho nitro benzene ring substituents is 1. The van der Waals surface area contributed by atoms with E-state index in [0.717, 1.165) is 25.1 Å². The molecule has 0 aromatic heterocycles. The molecule has 0 heterocycles. The lowest BCUT2D eigenvalue weighted by Gasteiger charge is -2.16. The third kappa shape index (κ3) is 6.69. The first-order valence-corrected chi connectivity index (χ1v) is 9.23. The van der Waals surface area contributed by atoms with Gasteiger partial charge in [-0.15, -0.1) is 0 Å². The minimum atomic E-state index is -4.97. The van der Waals surface area contributed by atoms with Crippen LogP contribution in [-0.4, -0.2) is 37.1 Å². The summed E-state index contributed by atoms with van der Waals surface area (Å²) >= 11 is 0. The molecule has 33 heavy (non-hydrogen) atoms. The van der Waals surface area contributed by atoms with Crippen LogP contribution in [0.3, 0.4) is 0 Å². The highest BCUT2D eigenvalue weighted by molar-refractivity contribution is 5.97. The van der Waals surface area contributed by atoms with Gasteiger partial charge < -0.3 is 19.5 Å². The zero-order chi connectivity index (χ0) is 24.8. The quantitative estimate of drug-likeness (QED) is 0.267. The van der Waals surface area contributed by atoms with Crippen molar-refractivity contribution in [2.24, 2.45) is 0 Å². The predicted molar refractivity (Wildman–Crippen MR) is 111 cm³/mol. The molecule has 0 saturated heterocycles. The Kier molecular flexibility index (Phi) is 8.00. The van der Waals surface area contributed by atoms with Crippen LogP contribution in [0.5, 0.6) is 11.5 Å². The number of nitrogens with one attached hydrogen (secondary N) is 1. The lowest BCUT2D eigenvalue weighted by atomic mass is 10.1. The van der Waals surface area contributed by atoms with Gasteiger partial charge in [-0.1, -0.05) is 0 Å². The number of anilines is 1. The van der Waals surface area contributed by atoms with Gasteiger partial charge in [-0.05, 0) is 37.3 Å². The maximum atomic E-state index is 13.2. The Balaban J connectivity index is 2.12. The number of esters is 1. The van der Waals surface area contributed by atoms with Crippen molar-refractivity contribution in [3.63, 3.8) is 0 Å². The van der Waals surface area contributed by atoms with E-state index in [9.17, 15) is 32.9 Å². The molecule has 12 heteroatoms. The molecule has 2 aromatic rings. The molecule has 1 amide bonds. The summed E-state index contributed by atoms with van der Waals surface area (Å²) in [5, 5.41) is 12.7. The van der Waals surface area contributed by atoms with E-state index in [0.29, 0.717) is 23.1 Å². The highest BCUT2D eigenvalue weighted by atomic mass is 19.4. The summed E-state index contributed by atoms with van der Waals surface area (Å²) in [4.78, 5) is 34.1. The van der Waals surface area contributed by atoms with E-state index >= 15 is 0 Å². The fourth-order valence-corrected chi connectivity index (χ4v) is 2.62. The zero-order valence-electron chi connectivity index (χ0n) is 17.6. The van der Waals surface area contributed by atoms with Gasteiger partial charge in [0.2, 0.25) is 0 Å². The number of benzene rings is 2. The Morgan fingerprint density at radius 2 is 1.82 bits per heavy atom. The summed E-state index contributed by atoms with van der Waals surface area (Å²) in [7, 11) is 2.89. The maximum Gasteiger partial charge on any atom is 0.418 e. The largest absolute Gasteiger partial charge is 0.497 e. The SMILES string of the molecule is COc1ccc(OC)c(/C=C/C(=O)OC(C)C(=O)Nc2ccc([N+](=O)[O-])cc2C(F)(F)F)c1. The monoisotopic (exact) mass is 468 g/mol. The fraction of sp³-hybridized carbons (Fsp3) is 0.238. The minimum Gasteiger partial charge on any atom is -0.497 e. The normalized spacial score (nSPS) is 12.2. The van der Waals surface area contributed by atoms with Crippen molar-refractivity contribution in [2.75, 3.05) is 19.5 Å². The molecule has 0 aliphatic heterocycles. The first-order chi connectivity index (χ1) is 15.5. The van der Waals surface area contributed by atoms with E-state index < -0.39 is 46.0 Å². The molecule has 1 N–H and O–H groups in total. The third-order valence-electron chi connectivity index (χ3n) is 4.28. The molecule has 0 aliphatic carbocycles. The first-order valence-electron chi connectivity index (χ1n) is 9.23. The molecule has 2 rings (SSSR count). The van der Waals surface area contributed by atoms with Crippen molar-refractivity contribution in [2.45, 2.75) is 19.2 Å². The van der Waals surface area contributed by atoms with Crippen LogP contribution in [0.25, 0.3) is 6.08 Å². The van der Waals surface area contributed by atoms with Gasteiger partial charge in [0, 0.05) is 23.8 Å². The second-order valence-corrected chi connectivity index (χ2v) is 6.49. The number of carbonyl (C=O) groups is 2. The summed E-state index contributed by atoms with van der Waals surface area (Å²) < 4.78 is 54.9. The van der Waals surface area contributed by atoms with Crippen LogP contribution in [0.4, 0.5) is 24.5 Å². The Morgan fingerprint density at radius 1 is 1.12 bits per heavy atom. The van der Waals surface area contributed by atoms with Gasteiger partial charge in [0.1, 0.15) is 11.5 Å². The van der Waals surface area contributed by atoms with E-state index in [-0.39, 0.29) is 0 Å². The van der Waals surface area contributed by atoms with Crippen molar-refractivity contribution < 1.29 is 41.9 Å². The maximum absolute atomic E-state index is 13.2. The van der Waals surface area contributed by atoms with Crippen LogP contribution in [0.2, 0.25) is 0 Å². The number of halogens is 3. The van der Waals surface area contributed by atoms with E-state index in [2.05, 4.69) is 0 Å². The van der Waals surface area contributed by atoms with E-state index in [1.54, 1.807) is 18.2 Å². The molecule has 0 spiro atoms. The highest BCUT2D eigenvalue weighted by Gasteiger charge is 2.36. The van der Waals surface area contributed by atoms with Crippen LogP contribution < -0.4 is 14.8 Å². The van der Waals surface area contributed by atoms with Crippen molar-refractivity contribution >= 4 is 29.3 Å². The number of alkyl halides is 3. The average molecular weight is 468 g/mol. The molecule has 176 valence electrons. The number of rotatable bonds is 8. The van der Waals surface area contributed by atoms with Crippen molar-refractivity contribution in [1.82, 2.24) is 0 Å². The van der Waals surface area contributed by atoms with E-state index in [1.807, 2.05) is 5.32 Å². The number of nitro benzene ring substituents is 1. The number of amides is 1. The second kappa shape index (κ2) is 10.5. The number of methoxy groups -OCH3 is 2. The molecular weight excluding hydrogens is 449 g/mol. The van der Waals surface area contributed by atoms with Gasteiger partial charge in [-0.2, -0.15) is 13.2 Å². The topological polar surface area (TPSA) is 117 Å². The van der Waals surface area contributed by atoms with Crippen molar-refractivity contribution in [3.05, 3.63) is 63.7 Å². The smallest absolute Gasteiger partial charge is 0.418 e. The molecule has 0 radical (unpaired) electrons. The van der Waals surface area contributed by atoms with Crippen molar-refractivity contribution in [1.29, 1.82) is 0 Å².